The molecule has 0 bridgehead atoms. The number of aliphatic hydroxyl groups is 1. The van der Waals surface area contributed by atoms with Crippen LogP contribution in [-0.2, 0) is 4.79 Å². The van der Waals surface area contributed by atoms with Crippen molar-refractivity contribution in [3.63, 3.8) is 0 Å². The van der Waals surface area contributed by atoms with Gasteiger partial charge in [-0.3, -0.25) is 4.79 Å². The van der Waals surface area contributed by atoms with E-state index in [1.165, 1.54) is 18.4 Å². The van der Waals surface area contributed by atoms with E-state index in [0.717, 1.165) is 38.5 Å². The summed E-state index contributed by atoms with van der Waals surface area (Å²) in [5.74, 6) is 1.44. The standard InChI is InChI=1S/C20H29NO2/c22-19-12-10-18(11-13-19)21-20(23)14-15-6-8-17(9-7-15)16-4-2-1-3-5-16/h1-5,15,17-19,22H,6-14H2,(H,21,23). The highest BCUT2D eigenvalue weighted by molar-refractivity contribution is 5.76. The number of hydrogen-bond acceptors (Lipinski definition) is 2. The molecule has 2 aliphatic carbocycles. The third-order valence-corrected chi connectivity index (χ3v) is 5.65. The molecule has 1 aromatic rings. The van der Waals surface area contributed by atoms with Crippen LogP contribution in [0.1, 0.15) is 69.3 Å². The number of hydrogen-bond donors (Lipinski definition) is 2. The number of carbonyl (C=O) groups is 1. The van der Waals surface area contributed by atoms with E-state index >= 15 is 0 Å². The van der Waals surface area contributed by atoms with Crippen LogP contribution in [0.25, 0.3) is 0 Å². The summed E-state index contributed by atoms with van der Waals surface area (Å²) < 4.78 is 0. The highest BCUT2D eigenvalue weighted by atomic mass is 16.3. The fourth-order valence-electron chi connectivity index (χ4n) is 4.19. The predicted molar refractivity (Wildman–Crippen MR) is 92.2 cm³/mol. The summed E-state index contributed by atoms with van der Waals surface area (Å²) in [6.07, 6.45) is 8.76. The van der Waals surface area contributed by atoms with Crippen LogP contribution in [0.4, 0.5) is 0 Å². The molecule has 126 valence electrons. The molecular weight excluding hydrogens is 286 g/mol. The smallest absolute Gasteiger partial charge is 0.220 e. The number of carbonyl (C=O) groups excluding carboxylic acids is 1. The van der Waals surface area contributed by atoms with Crippen molar-refractivity contribution >= 4 is 5.91 Å². The molecule has 2 aliphatic rings. The molecule has 0 saturated heterocycles. The molecule has 2 saturated carbocycles. The molecule has 0 aromatic heterocycles. The molecule has 0 spiro atoms. The van der Waals surface area contributed by atoms with Gasteiger partial charge in [-0.1, -0.05) is 30.3 Å². The lowest BCUT2D eigenvalue weighted by molar-refractivity contribution is -0.123. The minimum absolute atomic E-state index is 0.156. The van der Waals surface area contributed by atoms with Crippen LogP contribution < -0.4 is 5.32 Å². The van der Waals surface area contributed by atoms with Gasteiger partial charge in [0.15, 0.2) is 0 Å². The molecule has 1 amide bonds. The zero-order valence-corrected chi connectivity index (χ0v) is 13.9. The van der Waals surface area contributed by atoms with E-state index < -0.39 is 0 Å². The van der Waals surface area contributed by atoms with Crippen molar-refractivity contribution in [3.05, 3.63) is 35.9 Å². The molecule has 23 heavy (non-hydrogen) atoms. The summed E-state index contributed by atoms with van der Waals surface area (Å²) >= 11 is 0. The van der Waals surface area contributed by atoms with Gasteiger partial charge in [0.25, 0.3) is 0 Å². The maximum absolute atomic E-state index is 12.2. The van der Waals surface area contributed by atoms with Crippen molar-refractivity contribution in [3.8, 4) is 0 Å². The Balaban J connectivity index is 1.39. The number of nitrogens with one attached hydrogen (secondary N) is 1. The van der Waals surface area contributed by atoms with Crippen molar-refractivity contribution in [2.75, 3.05) is 0 Å². The van der Waals surface area contributed by atoms with Crippen molar-refractivity contribution in [2.45, 2.75) is 75.9 Å². The zero-order chi connectivity index (χ0) is 16.1. The molecule has 1 aromatic carbocycles. The molecule has 0 radical (unpaired) electrons. The maximum atomic E-state index is 12.2. The van der Waals surface area contributed by atoms with Crippen molar-refractivity contribution in [2.24, 2.45) is 5.92 Å². The second kappa shape index (κ2) is 7.96. The van der Waals surface area contributed by atoms with Crippen LogP contribution >= 0.6 is 0 Å². The van der Waals surface area contributed by atoms with Gasteiger partial charge in [-0.25, -0.2) is 0 Å². The summed E-state index contributed by atoms with van der Waals surface area (Å²) in [7, 11) is 0. The normalized spacial score (nSPS) is 31.5. The molecule has 0 aliphatic heterocycles. The zero-order valence-electron chi connectivity index (χ0n) is 13.9. The van der Waals surface area contributed by atoms with Gasteiger partial charge in [-0.15, -0.1) is 0 Å². The summed E-state index contributed by atoms with van der Waals surface area (Å²) in [5, 5.41) is 12.7. The monoisotopic (exact) mass is 315 g/mol. The first-order valence-corrected chi connectivity index (χ1v) is 9.23. The highest BCUT2D eigenvalue weighted by Crippen LogP contribution is 2.36. The molecule has 3 heteroatoms. The Hall–Kier alpha value is -1.35. The summed E-state index contributed by atoms with van der Waals surface area (Å²) in [6.45, 7) is 0. The van der Waals surface area contributed by atoms with E-state index in [1.807, 2.05) is 0 Å². The lowest BCUT2D eigenvalue weighted by Gasteiger charge is -2.30. The van der Waals surface area contributed by atoms with E-state index in [2.05, 4.69) is 35.6 Å². The first kappa shape index (κ1) is 16.5. The minimum Gasteiger partial charge on any atom is -0.393 e. The van der Waals surface area contributed by atoms with E-state index in [0.29, 0.717) is 18.3 Å². The first-order valence-electron chi connectivity index (χ1n) is 9.23. The summed E-state index contributed by atoms with van der Waals surface area (Å²) in [5.41, 5.74) is 1.45. The third kappa shape index (κ3) is 4.81. The molecule has 2 N–H and O–H groups in total. The van der Waals surface area contributed by atoms with Gasteiger partial charge < -0.3 is 10.4 Å². The van der Waals surface area contributed by atoms with Crippen molar-refractivity contribution in [1.82, 2.24) is 5.32 Å². The van der Waals surface area contributed by atoms with Crippen LogP contribution in [0.5, 0.6) is 0 Å². The molecule has 3 nitrogen and oxygen atoms in total. The first-order chi connectivity index (χ1) is 11.2. The number of amides is 1. The largest absolute Gasteiger partial charge is 0.393 e. The van der Waals surface area contributed by atoms with Crippen molar-refractivity contribution < 1.29 is 9.90 Å². The molecule has 0 atom stereocenters. The molecule has 2 fully saturated rings. The summed E-state index contributed by atoms with van der Waals surface area (Å²) in [6, 6.07) is 11.1. The molecule has 0 unspecified atom stereocenters. The fourth-order valence-corrected chi connectivity index (χ4v) is 4.19. The number of aliphatic hydroxyl groups excluding tert-OH is 1. The van der Waals surface area contributed by atoms with Crippen LogP contribution in [0, 0.1) is 5.92 Å². The second-order valence-corrected chi connectivity index (χ2v) is 7.41. The molecular formula is C20H29NO2. The minimum atomic E-state index is -0.156. The van der Waals surface area contributed by atoms with E-state index in [-0.39, 0.29) is 18.1 Å². The van der Waals surface area contributed by atoms with E-state index in [9.17, 15) is 9.90 Å². The van der Waals surface area contributed by atoms with Gasteiger partial charge in [-0.2, -0.15) is 0 Å². The van der Waals surface area contributed by atoms with Gasteiger partial charge in [-0.05, 0) is 68.8 Å². The fraction of sp³-hybridized carbons (Fsp3) is 0.650. The molecule has 3 rings (SSSR count). The topological polar surface area (TPSA) is 49.3 Å². The Bertz CT molecular complexity index is 486. The quantitative estimate of drug-likeness (QED) is 0.888. The lowest BCUT2D eigenvalue weighted by Crippen LogP contribution is -2.39. The number of benzene rings is 1. The van der Waals surface area contributed by atoms with Gasteiger partial charge in [0, 0.05) is 12.5 Å². The van der Waals surface area contributed by atoms with Crippen LogP contribution in [0.15, 0.2) is 30.3 Å². The lowest BCUT2D eigenvalue weighted by atomic mass is 9.77. The Morgan fingerprint density at radius 3 is 2.26 bits per heavy atom. The Kier molecular flexibility index (Phi) is 5.71. The molecule has 0 heterocycles. The number of rotatable bonds is 4. The van der Waals surface area contributed by atoms with Gasteiger partial charge in [0.05, 0.1) is 6.10 Å². The second-order valence-electron chi connectivity index (χ2n) is 7.41. The van der Waals surface area contributed by atoms with E-state index in [4.69, 9.17) is 0 Å². The Labute approximate surface area is 139 Å². The summed E-state index contributed by atoms with van der Waals surface area (Å²) in [4.78, 5) is 12.2. The predicted octanol–water partition coefficient (Wildman–Crippen LogP) is 3.77. The van der Waals surface area contributed by atoms with Crippen LogP contribution in [0.3, 0.4) is 0 Å². The highest BCUT2D eigenvalue weighted by Gasteiger charge is 2.26. The average molecular weight is 315 g/mol. The Morgan fingerprint density at radius 2 is 1.61 bits per heavy atom. The Morgan fingerprint density at radius 1 is 0.957 bits per heavy atom. The van der Waals surface area contributed by atoms with Gasteiger partial charge in [0.2, 0.25) is 5.91 Å². The van der Waals surface area contributed by atoms with E-state index in [1.54, 1.807) is 0 Å². The SMILES string of the molecule is O=C(CC1CCC(c2ccccc2)CC1)NC1CCC(O)CC1. The van der Waals surface area contributed by atoms with Crippen LogP contribution in [0.2, 0.25) is 0 Å². The van der Waals surface area contributed by atoms with Crippen LogP contribution in [-0.4, -0.2) is 23.2 Å². The van der Waals surface area contributed by atoms with Gasteiger partial charge >= 0.3 is 0 Å². The maximum Gasteiger partial charge on any atom is 0.220 e. The third-order valence-electron chi connectivity index (χ3n) is 5.65. The average Bonchev–Trinajstić information content (AvgIpc) is 2.58. The van der Waals surface area contributed by atoms with Gasteiger partial charge in [0.1, 0.15) is 0 Å². The van der Waals surface area contributed by atoms with Crippen molar-refractivity contribution in [1.29, 1.82) is 0 Å².